The zero-order valence-electron chi connectivity index (χ0n) is 11.7. The Morgan fingerprint density at radius 2 is 2.25 bits per heavy atom. The molecule has 1 aliphatic rings. The molecule has 8 heteroatoms. The minimum atomic E-state index is -3.40. The maximum absolute atomic E-state index is 12.3. The summed E-state index contributed by atoms with van der Waals surface area (Å²) in [5.41, 5.74) is 0. The van der Waals surface area contributed by atoms with E-state index in [2.05, 4.69) is 15.5 Å². The first-order valence-electron chi connectivity index (χ1n) is 6.84. The maximum atomic E-state index is 12.3. The van der Waals surface area contributed by atoms with Gasteiger partial charge in [0, 0.05) is 26.7 Å². The summed E-state index contributed by atoms with van der Waals surface area (Å²) in [6.07, 6.45) is 3.22. The average molecular weight is 302 g/mol. The Morgan fingerprint density at radius 3 is 2.85 bits per heavy atom. The Hall–Kier alpha value is -0.960. The second-order valence-corrected chi connectivity index (χ2v) is 6.87. The quantitative estimate of drug-likeness (QED) is 0.695. The van der Waals surface area contributed by atoms with Gasteiger partial charge >= 0.3 is 0 Å². The molecule has 7 nitrogen and oxygen atoms in total. The van der Waals surface area contributed by atoms with Crippen LogP contribution in [-0.4, -0.2) is 62.8 Å². The molecule has 2 rings (SSSR count). The van der Waals surface area contributed by atoms with Crippen LogP contribution in [0.25, 0.3) is 0 Å². The van der Waals surface area contributed by atoms with E-state index in [1.54, 1.807) is 7.11 Å². The summed E-state index contributed by atoms with van der Waals surface area (Å²) in [6.45, 7) is 3.59. The molecule has 0 aromatic carbocycles. The number of sulfonamides is 1. The Morgan fingerprint density at radius 1 is 1.50 bits per heavy atom. The van der Waals surface area contributed by atoms with Gasteiger partial charge in [-0.2, -0.15) is 9.40 Å². The molecule has 20 heavy (non-hydrogen) atoms. The summed E-state index contributed by atoms with van der Waals surface area (Å²) >= 11 is 0. The van der Waals surface area contributed by atoms with Crippen LogP contribution < -0.4 is 5.32 Å². The van der Waals surface area contributed by atoms with Crippen molar-refractivity contribution in [1.82, 2.24) is 19.8 Å². The average Bonchev–Trinajstić information content (AvgIpc) is 2.99. The van der Waals surface area contributed by atoms with Gasteiger partial charge in [-0.1, -0.05) is 0 Å². The van der Waals surface area contributed by atoms with Crippen molar-refractivity contribution in [2.24, 2.45) is 5.92 Å². The van der Waals surface area contributed by atoms with Gasteiger partial charge in [0.15, 0.2) is 5.03 Å². The van der Waals surface area contributed by atoms with Gasteiger partial charge in [0.1, 0.15) is 0 Å². The highest BCUT2D eigenvalue weighted by Crippen LogP contribution is 2.22. The number of nitrogens with one attached hydrogen (secondary N) is 2. The summed E-state index contributed by atoms with van der Waals surface area (Å²) < 4.78 is 31.1. The zero-order valence-corrected chi connectivity index (χ0v) is 12.5. The fourth-order valence-electron chi connectivity index (χ4n) is 2.36. The van der Waals surface area contributed by atoms with Gasteiger partial charge in [0.05, 0.1) is 12.8 Å². The summed E-state index contributed by atoms with van der Waals surface area (Å²) in [5.74, 6) is 0.528. The number of aromatic nitrogens is 2. The number of hydrogen-bond acceptors (Lipinski definition) is 5. The highest BCUT2D eigenvalue weighted by atomic mass is 32.2. The number of piperidine rings is 1. The zero-order chi connectivity index (χ0) is 14.4. The van der Waals surface area contributed by atoms with E-state index in [1.165, 1.54) is 16.6 Å². The third-order valence-electron chi connectivity index (χ3n) is 3.58. The second kappa shape index (κ2) is 7.16. The lowest BCUT2D eigenvalue weighted by Crippen LogP contribution is -2.41. The smallest absolute Gasteiger partial charge is 0.259 e. The molecular weight excluding hydrogens is 280 g/mol. The van der Waals surface area contributed by atoms with Gasteiger partial charge in [-0.05, 0) is 31.4 Å². The molecule has 1 aromatic heterocycles. The van der Waals surface area contributed by atoms with E-state index in [1.807, 2.05) is 0 Å². The van der Waals surface area contributed by atoms with E-state index in [0.29, 0.717) is 25.6 Å². The lowest BCUT2D eigenvalue weighted by atomic mass is 9.98. The molecule has 0 amide bonds. The van der Waals surface area contributed by atoms with Crippen molar-refractivity contribution in [3.05, 3.63) is 12.3 Å². The number of H-pyrrole nitrogens is 1. The lowest BCUT2D eigenvalue weighted by molar-refractivity contribution is 0.194. The van der Waals surface area contributed by atoms with E-state index in [-0.39, 0.29) is 5.03 Å². The van der Waals surface area contributed by atoms with Crippen LogP contribution in [-0.2, 0) is 14.8 Å². The highest BCUT2D eigenvalue weighted by Gasteiger charge is 2.29. The van der Waals surface area contributed by atoms with Crippen LogP contribution in [0.1, 0.15) is 12.8 Å². The molecule has 0 unspecified atom stereocenters. The molecule has 2 N–H and O–H groups in total. The van der Waals surface area contributed by atoms with Crippen LogP contribution in [0.5, 0.6) is 0 Å². The van der Waals surface area contributed by atoms with Crippen molar-refractivity contribution in [2.45, 2.75) is 17.9 Å². The first kappa shape index (κ1) is 15.4. The van der Waals surface area contributed by atoms with Crippen molar-refractivity contribution in [3.8, 4) is 0 Å². The highest BCUT2D eigenvalue weighted by molar-refractivity contribution is 7.89. The molecule has 0 spiro atoms. The summed E-state index contributed by atoms with van der Waals surface area (Å²) in [5, 5.41) is 9.74. The number of ether oxygens (including phenoxy) is 1. The largest absolute Gasteiger partial charge is 0.383 e. The third-order valence-corrected chi connectivity index (χ3v) is 5.41. The van der Waals surface area contributed by atoms with Crippen molar-refractivity contribution in [1.29, 1.82) is 0 Å². The van der Waals surface area contributed by atoms with Gasteiger partial charge in [0.2, 0.25) is 0 Å². The van der Waals surface area contributed by atoms with Crippen molar-refractivity contribution < 1.29 is 13.2 Å². The molecule has 1 aliphatic heterocycles. The summed E-state index contributed by atoms with van der Waals surface area (Å²) in [4.78, 5) is 0. The minimum Gasteiger partial charge on any atom is -0.383 e. The van der Waals surface area contributed by atoms with Crippen LogP contribution in [0.4, 0.5) is 0 Å². The van der Waals surface area contributed by atoms with E-state index >= 15 is 0 Å². The molecule has 1 fully saturated rings. The normalized spacial score (nSPS) is 18.4. The molecule has 114 valence electrons. The fourth-order valence-corrected chi connectivity index (χ4v) is 3.73. The molecule has 0 aliphatic carbocycles. The van der Waals surface area contributed by atoms with E-state index in [4.69, 9.17) is 4.74 Å². The Balaban J connectivity index is 1.79. The Bertz CT molecular complexity index is 481. The monoisotopic (exact) mass is 302 g/mol. The van der Waals surface area contributed by atoms with Gasteiger partial charge in [-0.15, -0.1) is 0 Å². The maximum Gasteiger partial charge on any atom is 0.259 e. The minimum absolute atomic E-state index is 0.175. The van der Waals surface area contributed by atoms with Crippen molar-refractivity contribution in [2.75, 3.05) is 39.9 Å². The predicted molar refractivity (Wildman–Crippen MR) is 74.8 cm³/mol. The number of hydrogen-bond donors (Lipinski definition) is 2. The van der Waals surface area contributed by atoms with E-state index in [9.17, 15) is 8.42 Å². The molecular formula is C12H22N4O3S. The summed E-state index contributed by atoms with van der Waals surface area (Å²) in [7, 11) is -1.72. The van der Waals surface area contributed by atoms with Crippen LogP contribution >= 0.6 is 0 Å². The fraction of sp³-hybridized carbons (Fsp3) is 0.750. The van der Waals surface area contributed by atoms with Crippen LogP contribution in [0.15, 0.2) is 17.3 Å². The Labute approximate surface area is 119 Å². The first-order chi connectivity index (χ1) is 9.64. The predicted octanol–water partition coefficient (Wildman–Crippen LogP) is 0.0464. The Kier molecular flexibility index (Phi) is 5.53. The molecule has 0 atom stereocenters. The van der Waals surface area contributed by atoms with Crippen LogP contribution in [0.2, 0.25) is 0 Å². The second-order valence-electron chi connectivity index (χ2n) is 4.97. The number of nitrogens with zero attached hydrogens (tertiary/aromatic N) is 2. The number of methoxy groups -OCH3 is 1. The van der Waals surface area contributed by atoms with E-state index in [0.717, 1.165) is 25.9 Å². The third kappa shape index (κ3) is 3.78. The molecule has 0 saturated carbocycles. The van der Waals surface area contributed by atoms with Crippen LogP contribution in [0.3, 0.4) is 0 Å². The van der Waals surface area contributed by atoms with Gasteiger partial charge in [-0.25, -0.2) is 8.42 Å². The van der Waals surface area contributed by atoms with Crippen molar-refractivity contribution >= 4 is 10.0 Å². The summed E-state index contributed by atoms with van der Waals surface area (Å²) in [6, 6.07) is 1.49. The van der Waals surface area contributed by atoms with Gasteiger partial charge in [-0.3, -0.25) is 5.10 Å². The molecule has 2 heterocycles. The van der Waals surface area contributed by atoms with Crippen LogP contribution in [0, 0.1) is 5.92 Å². The lowest BCUT2D eigenvalue weighted by Gasteiger charge is -2.30. The SMILES string of the molecule is COCCNCC1CCN(S(=O)(=O)c2ccn[nH]2)CC1. The standard InChI is InChI=1S/C12H22N4O3S/c1-19-9-6-13-10-11-3-7-16(8-4-11)20(17,18)12-2-5-14-15-12/h2,5,11,13H,3-4,6-10H2,1H3,(H,14,15). The number of rotatable bonds is 7. The van der Waals surface area contributed by atoms with Gasteiger partial charge < -0.3 is 10.1 Å². The molecule has 0 radical (unpaired) electrons. The topological polar surface area (TPSA) is 87.3 Å². The molecule has 1 saturated heterocycles. The van der Waals surface area contributed by atoms with Crippen molar-refractivity contribution in [3.63, 3.8) is 0 Å². The first-order valence-corrected chi connectivity index (χ1v) is 8.28. The number of aromatic amines is 1. The van der Waals surface area contributed by atoms with E-state index < -0.39 is 10.0 Å². The molecule has 1 aromatic rings. The van der Waals surface area contributed by atoms with Gasteiger partial charge in [0.25, 0.3) is 10.0 Å². The molecule has 0 bridgehead atoms.